The van der Waals surface area contributed by atoms with Crippen molar-refractivity contribution in [2.45, 2.75) is 39.7 Å². The van der Waals surface area contributed by atoms with Crippen LogP contribution in [0.1, 0.15) is 33.6 Å². The van der Waals surface area contributed by atoms with Gasteiger partial charge in [0.1, 0.15) is 5.15 Å². The summed E-state index contributed by atoms with van der Waals surface area (Å²) >= 11 is 6.32. The number of pyridine rings is 2. The molecular weight excluding hydrogens is 376 g/mol. The molecule has 1 saturated carbocycles. The van der Waals surface area contributed by atoms with Gasteiger partial charge in [-0.25, -0.2) is 9.78 Å². The highest BCUT2D eigenvalue weighted by Crippen LogP contribution is 2.54. The Labute approximate surface area is 171 Å². The number of hydrogen-bond donors (Lipinski definition) is 2. The van der Waals surface area contributed by atoms with E-state index in [1.165, 1.54) is 0 Å². The van der Waals surface area contributed by atoms with Crippen LogP contribution in [0.15, 0.2) is 36.8 Å². The van der Waals surface area contributed by atoms with Gasteiger partial charge in [-0.3, -0.25) is 4.98 Å². The van der Waals surface area contributed by atoms with Crippen molar-refractivity contribution in [1.29, 1.82) is 0 Å². The number of aromatic nitrogens is 2. The first-order chi connectivity index (χ1) is 13.1. The Hall–Kier alpha value is -2.34. The molecular formula is C21H27ClN4O2. The minimum absolute atomic E-state index is 0.0815. The molecule has 3 rings (SSSR count). The summed E-state index contributed by atoms with van der Waals surface area (Å²) in [4.78, 5) is 21.9. The first kappa shape index (κ1) is 20.4. The quantitative estimate of drug-likeness (QED) is 0.685. The minimum atomic E-state index is -0.970. The van der Waals surface area contributed by atoms with Crippen molar-refractivity contribution < 1.29 is 9.90 Å². The van der Waals surface area contributed by atoms with E-state index in [1.807, 2.05) is 25.2 Å². The van der Waals surface area contributed by atoms with Crippen molar-refractivity contribution in [2.24, 2.45) is 10.8 Å². The second kappa shape index (κ2) is 7.59. The van der Waals surface area contributed by atoms with Crippen LogP contribution in [0.5, 0.6) is 0 Å². The van der Waals surface area contributed by atoms with Crippen molar-refractivity contribution in [3.8, 4) is 11.1 Å². The fourth-order valence-electron chi connectivity index (χ4n) is 4.05. The Morgan fingerprint density at radius 2 is 2.00 bits per heavy atom. The van der Waals surface area contributed by atoms with Crippen LogP contribution in [0.3, 0.4) is 0 Å². The van der Waals surface area contributed by atoms with E-state index >= 15 is 0 Å². The largest absolute Gasteiger partial charge is 0.465 e. The lowest BCUT2D eigenvalue weighted by atomic mass is 9.76. The summed E-state index contributed by atoms with van der Waals surface area (Å²) in [6.45, 7) is 6.99. The van der Waals surface area contributed by atoms with Crippen LogP contribution < -0.4 is 10.2 Å². The van der Waals surface area contributed by atoms with E-state index in [-0.39, 0.29) is 16.9 Å². The number of amides is 1. The van der Waals surface area contributed by atoms with E-state index in [4.69, 9.17) is 11.6 Å². The second-order valence-electron chi connectivity index (χ2n) is 8.73. The number of carboxylic acid groups (broad SMARTS) is 1. The third-order valence-corrected chi connectivity index (χ3v) is 5.75. The standard InChI is InChI=1S/C21H27ClN4O2/c1-20(2,3)18(25-19(27)28)21(7-8-21)13-26(4)15-11-16(17(22)24-12-15)14-5-9-23-10-6-14/h5-6,9-12,18,25H,7-8,13H2,1-4H3,(H,27,28). The van der Waals surface area contributed by atoms with Crippen LogP contribution in [0, 0.1) is 10.8 Å². The first-order valence-corrected chi connectivity index (χ1v) is 9.77. The van der Waals surface area contributed by atoms with E-state index in [9.17, 15) is 9.90 Å². The molecule has 6 nitrogen and oxygen atoms in total. The van der Waals surface area contributed by atoms with Gasteiger partial charge >= 0.3 is 6.09 Å². The maximum Gasteiger partial charge on any atom is 0.404 e. The Morgan fingerprint density at radius 3 is 2.54 bits per heavy atom. The van der Waals surface area contributed by atoms with Crippen LogP contribution in [0.25, 0.3) is 11.1 Å². The molecule has 2 aromatic heterocycles. The van der Waals surface area contributed by atoms with Gasteiger partial charge < -0.3 is 15.3 Å². The van der Waals surface area contributed by atoms with Gasteiger partial charge in [-0.1, -0.05) is 32.4 Å². The Morgan fingerprint density at radius 1 is 1.36 bits per heavy atom. The summed E-state index contributed by atoms with van der Waals surface area (Å²) in [6.07, 6.45) is 6.25. The monoisotopic (exact) mass is 402 g/mol. The van der Waals surface area contributed by atoms with Crippen molar-refractivity contribution in [3.63, 3.8) is 0 Å². The van der Waals surface area contributed by atoms with Gasteiger partial charge in [0.05, 0.1) is 11.9 Å². The summed E-state index contributed by atoms with van der Waals surface area (Å²) in [7, 11) is 2.02. The maximum atomic E-state index is 11.4. The van der Waals surface area contributed by atoms with Crippen molar-refractivity contribution in [3.05, 3.63) is 41.9 Å². The third-order valence-electron chi connectivity index (χ3n) is 5.45. The van der Waals surface area contributed by atoms with Crippen LogP contribution in [-0.2, 0) is 0 Å². The molecule has 1 aliphatic carbocycles. The number of nitrogens with zero attached hydrogens (tertiary/aromatic N) is 3. The highest BCUT2D eigenvalue weighted by molar-refractivity contribution is 6.32. The SMILES string of the molecule is CN(CC1(C(NC(=O)O)C(C)(C)C)CC1)c1cnc(Cl)c(-c2ccncc2)c1. The molecule has 28 heavy (non-hydrogen) atoms. The average Bonchev–Trinajstić information content (AvgIpc) is 3.40. The summed E-state index contributed by atoms with van der Waals surface area (Å²) in [6, 6.07) is 5.71. The molecule has 1 aliphatic rings. The lowest BCUT2D eigenvalue weighted by Crippen LogP contribution is -2.52. The number of hydrogen-bond acceptors (Lipinski definition) is 4. The number of nitrogens with one attached hydrogen (secondary N) is 1. The third kappa shape index (κ3) is 4.38. The molecule has 150 valence electrons. The number of anilines is 1. The predicted molar refractivity (Wildman–Crippen MR) is 112 cm³/mol. The highest BCUT2D eigenvalue weighted by atomic mass is 35.5. The average molecular weight is 403 g/mol. The predicted octanol–water partition coefficient (Wildman–Crippen LogP) is 4.70. The number of rotatable bonds is 6. The molecule has 0 aromatic carbocycles. The van der Waals surface area contributed by atoms with E-state index in [1.54, 1.807) is 18.6 Å². The van der Waals surface area contributed by atoms with Gasteiger partial charge in [0.25, 0.3) is 0 Å². The van der Waals surface area contributed by atoms with Crippen LogP contribution >= 0.6 is 11.6 Å². The first-order valence-electron chi connectivity index (χ1n) is 9.39. The van der Waals surface area contributed by atoms with Crippen molar-refractivity contribution in [1.82, 2.24) is 15.3 Å². The Kier molecular flexibility index (Phi) is 5.53. The Balaban J connectivity index is 1.85. The molecule has 0 bridgehead atoms. The van der Waals surface area contributed by atoms with E-state index in [0.29, 0.717) is 5.15 Å². The minimum Gasteiger partial charge on any atom is -0.465 e. The molecule has 2 N–H and O–H groups in total. The lowest BCUT2D eigenvalue weighted by Gasteiger charge is -2.39. The van der Waals surface area contributed by atoms with Gasteiger partial charge in [0, 0.05) is 43.0 Å². The molecule has 0 aliphatic heterocycles. The molecule has 2 aromatic rings. The topological polar surface area (TPSA) is 78.4 Å². The molecule has 7 heteroatoms. The zero-order chi connectivity index (χ0) is 20.5. The highest BCUT2D eigenvalue weighted by Gasteiger charge is 2.54. The molecule has 2 heterocycles. The van der Waals surface area contributed by atoms with E-state index < -0.39 is 6.09 Å². The van der Waals surface area contributed by atoms with Gasteiger partial charge in [0.2, 0.25) is 0 Å². The summed E-state index contributed by atoms with van der Waals surface area (Å²) in [5, 5.41) is 12.5. The van der Waals surface area contributed by atoms with Crippen molar-refractivity contribution in [2.75, 3.05) is 18.5 Å². The lowest BCUT2D eigenvalue weighted by molar-refractivity contribution is 0.146. The molecule has 1 atom stereocenters. The molecule has 0 spiro atoms. The van der Waals surface area contributed by atoms with Gasteiger partial charge in [-0.2, -0.15) is 0 Å². The molecule has 1 amide bonds. The fraction of sp³-hybridized carbons (Fsp3) is 0.476. The molecule has 1 unspecified atom stereocenters. The zero-order valence-corrected chi connectivity index (χ0v) is 17.5. The molecule has 1 fully saturated rings. The van der Waals surface area contributed by atoms with Crippen LogP contribution in [-0.4, -0.2) is 40.8 Å². The second-order valence-corrected chi connectivity index (χ2v) is 9.09. The number of carbonyl (C=O) groups is 1. The normalized spacial score (nSPS) is 16.3. The smallest absolute Gasteiger partial charge is 0.404 e. The zero-order valence-electron chi connectivity index (χ0n) is 16.7. The van der Waals surface area contributed by atoms with E-state index in [2.05, 4.69) is 41.0 Å². The van der Waals surface area contributed by atoms with Crippen LogP contribution in [0.4, 0.5) is 10.5 Å². The number of halogens is 1. The summed E-state index contributed by atoms with van der Waals surface area (Å²) in [5.74, 6) is 0. The molecule has 0 radical (unpaired) electrons. The maximum absolute atomic E-state index is 11.4. The van der Waals surface area contributed by atoms with Gasteiger partial charge in [-0.05, 0) is 42.0 Å². The summed E-state index contributed by atoms with van der Waals surface area (Å²) < 4.78 is 0. The Bertz CT molecular complexity index is 847. The summed E-state index contributed by atoms with van der Waals surface area (Å²) in [5.41, 5.74) is 2.52. The van der Waals surface area contributed by atoms with Crippen LogP contribution in [0.2, 0.25) is 5.15 Å². The van der Waals surface area contributed by atoms with Gasteiger partial charge in [0.15, 0.2) is 0 Å². The van der Waals surface area contributed by atoms with E-state index in [0.717, 1.165) is 36.2 Å². The van der Waals surface area contributed by atoms with Crippen molar-refractivity contribution >= 4 is 23.4 Å². The fourth-order valence-corrected chi connectivity index (χ4v) is 4.27. The molecule has 0 saturated heterocycles. The van der Waals surface area contributed by atoms with Gasteiger partial charge in [-0.15, -0.1) is 0 Å².